The van der Waals surface area contributed by atoms with Gasteiger partial charge in [0.15, 0.2) is 0 Å². The highest BCUT2D eigenvalue weighted by Gasteiger charge is 2.25. The van der Waals surface area contributed by atoms with E-state index in [1.807, 2.05) is 36.4 Å². The summed E-state index contributed by atoms with van der Waals surface area (Å²) in [5, 5.41) is 0. The third kappa shape index (κ3) is 5.72. The molecule has 0 spiro atoms. The van der Waals surface area contributed by atoms with Crippen LogP contribution in [0.2, 0.25) is 0 Å². The number of rotatable bonds is 6. The first-order chi connectivity index (χ1) is 11.5. The Balaban J connectivity index is 1.84. The van der Waals surface area contributed by atoms with E-state index in [1.165, 1.54) is 6.08 Å². The van der Waals surface area contributed by atoms with Crippen LogP contribution in [0.5, 0.6) is 0 Å². The van der Waals surface area contributed by atoms with E-state index >= 15 is 0 Å². The highest BCUT2D eigenvalue weighted by atomic mass is 16.6. The molecule has 2 aromatic carbocycles. The number of hydrogen-bond donors (Lipinski definition) is 0. The van der Waals surface area contributed by atoms with Crippen LogP contribution in [0.15, 0.2) is 66.7 Å². The first-order valence-corrected chi connectivity index (χ1v) is 7.64. The summed E-state index contributed by atoms with van der Waals surface area (Å²) in [6, 6.07) is 18.1. The van der Waals surface area contributed by atoms with E-state index in [0.717, 1.165) is 5.56 Å². The number of ether oxygens (including phenoxy) is 2. The number of carbonyl (C=O) groups excluding carboxylic acids is 2. The lowest BCUT2D eigenvalue weighted by Gasteiger charge is -2.24. The first kappa shape index (κ1) is 17.5. The smallest absolute Gasteiger partial charge is 0.338 e. The van der Waals surface area contributed by atoms with Gasteiger partial charge in [0.25, 0.3) is 0 Å². The van der Waals surface area contributed by atoms with E-state index in [-0.39, 0.29) is 6.61 Å². The molecule has 24 heavy (non-hydrogen) atoms. The molecule has 124 valence electrons. The summed E-state index contributed by atoms with van der Waals surface area (Å²) in [6.45, 7) is 3.37. The highest BCUT2D eigenvalue weighted by Crippen LogP contribution is 2.14. The topological polar surface area (TPSA) is 52.6 Å². The van der Waals surface area contributed by atoms with E-state index in [0.29, 0.717) is 5.56 Å². The minimum atomic E-state index is -0.914. The fraction of sp³-hybridized carbons (Fsp3) is 0.200. The molecule has 0 unspecified atom stereocenters. The van der Waals surface area contributed by atoms with Crippen LogP contribution in [0.25, 0.3) is 6.08 Å². The van der Waals surface area contributed by atoms with Crippen LogP contribution in [-0.2, 0) is 14.3 Å². The van der Waals surface area contributed by atoms with Gasteiger partial charge in [-0.2, -0.15) is 0 Å². The lowest BCUT2D eigenvalue weighted by Crippen LogP contribution is -2.34. The second kappa shape index (κ2) is 8.11. The zero-order valence-corrected chi connectivity index (χ0v) is 13.8. The molecule has 2 rings (SSSR count). The van der Waals surface area contributed by atoms with Gasteiger partial charge in [-0.3, -0.25) is 0 Å². The van der Waals surface area contributed by atoms with Crippen molar-refractivity contribution in [3.8, 4) is 0 Å². The summed E-state index contributed by atoms with van der Waals surface area (Å²) >= 11 is 0. The average molecular weight is 324 g/mol. The summed E-state index contributed by atoms with van der Waals surface area (Å²) in [5.41, 5.74) is 0.452. The molecule has 0 saturated heterocycles. The second-order valence-electron chi connectivity index (χ2n) is 5.87. The molecule has 0 heterocycles. The van der Waals surface area contributed by atoms with Gasteiger partial charge >= 0.3 is 11.9 Å². The van der Waals surface area contributed by atoms with Gasteiger partial charge in [0.1, 0.15) is 12.2 Å². The van der Waals surface area contributed by atoms with Gasteiger partial charge in [-0.1, -0.05) is 48.5 Å². The van der Waals surface area contributed by atoms with Crippen molar-refractivity contribution >= 4 is 18.0 Å². The van der Waals surface area contributed by atoms with Crippen LogP contribution in [0.4, 0.5) is 0 Å². The maximum absolute atomic E-state index is 12.0. The molecule has 0 aliphatic heterocycles. The molecular formula is C20H20O4. The summed E-state index contributed by atoms with van der Waals surface area (Å²) in [7, 11) is 0. The van der Waals surface area contributed by atoms with Gasteiger partial charge in [-0.15, -0.1) is 0 Å². The zero-order valence-electron chi connectivity index (χ0n) is 13.8. The van der Waals surface area contributed by atoms with Gasteiger partial charge in [-0.05, 0) is 37.6 Å². The molecule has 0 fully saturated rings. The predicted molar refractivity (Wildman–Crippen MR) is 92.4 cm³/mol. The van der Waals surface area contributed by atoms with Crippen molar-refractivity contribution in [3.63, 3.8) is 0 Å². The Morgan fingerprint density at radius 3 is 2.17 bits per heavy atom. The Bertz CT molecular complexity index is 703. The van der Waals surface area contributed by atoms with Crippen molar-refractivity contribution in [3.05, 3.63) is 77.9 Å². The van der Waals surface area contributed by atoms with Crippen molar-refractivity contribution in [1.29, 1.82) is 0 Å². The minimum absolute atomic E-state index is 0.0243. The average Bonchev–Trinajstić information content (AvgIpc) is 2.59. The molecule has 4 nitrogen and oxygen atoms in total. The molecule has 0 radical (unpaired) electrons. The molecule has 0 aliphatic carbocycles. The molecular weight excluding hydrogens is 304 g/mol. The fourth-order valence-electron chi connectivity index (χ4n) is 1.94. The lowest BCUT2D eigenvalue weighted by atomic mass is 10.1. The Labute approximate surface area is 141 Å². The van der Waals surface area contributed by atoms with Gasteiger partial charge in [-0.25, -0.2) is 9.59 Å². The maximum atomic E-state index is 12.0. The minimum Gasteiger partial charge on any atom is -0.458 e. The van der Waals surface area contributed by atoms with Crippen LogP contribution < -0.4 is 0 Å². The monoisotopic (exact) mass is 324 g/mol. The standard InChI is InChI=1S/C20H20O4/c1-20(2,24-19(22)17-11-7-4-8-12-17)15-23-18(21)14-13-16-9-5-3-6-10-16/h3-14H,15H2,1-2H3. The number of carbonyl (C=O) groups is 2. The molecule has 2 aromatic rings. The Morgan fingerprint density at radius 1 is 0.958 bits per heavy atom. The van der Waals surface area contributed by atoms with Crippen LogP contribution >= 0.6 is 0 Å². The largest absolute Gasteiger partial charge is 0.458 e. The van der Waals surface area contributed by atoms with Crippen molar-refractivity contribution in [2.75, 3.05) is 6.61 Å². The van der Waals surface area contributed by atoms with Crippen molar-refractivity contribution in [1.82, 2.24) is 0 Å². The van der Waals surface area contributed by atoms with Gasteiger partial charge in [0.05, 0.1) is 5.56 Å². The molecule has 0 saturated carbocycles. The van der Waals surface area contributed by atoms with Crippen LogP contribution in [0.1, 0.15) is 29.8 Å². The lowest BCUT2D eigenvalue weighted by molar-refractivity contribution is -0.144. The summed E-state index contributed by atoms with van der Waals surface area (Å²) in [4.78, 5) is 23.8. The van der Waals surface area contributed by atoms with Gasteiger partial charge < -0.3 is 9.47 Å². The highest BCUT2D eigenvalue weighted by molar-refractivity contribution is 5.89. The predicted octanol–water partition coefficient (Wildman–Crippen LogP) is 3.88. The molecule has 0 atom stereocenters. The summed E-state index contributed by atoms with van der Waals surface area (Å²) in [6.07, 6.45) is 3.02. The Kier molecular flexibility index (Phi) is 5.90. The molecule has 4 heteroatoms. The molecule has 0 N–H and O–H groups in total. The Morgan fingerprint density at radius 2 is 1.54 bits per heavy atom. The molecule has 0 amide bonds. The second-order valence-corrected chi connectivity index (χ2v) is 5.87. The van der Waals surface area contributed by atoms with Crippen LogP contribution in [0, 0.1) is 0 Å². The Hall–Kier alpha value is -2.88. The van der Waals surface area contributed by atoms with Crippen LogP contribution in [0.3, 0.4) is 0 Å². The summed E-state index contributed by atoms with van der Waals surface area (Å²) in [5.74, 6) is -0.931. The molecule has 0 aromatic heterocycles. The SMILES string of the molecule is CC(C)(COC(=O)C=Cc1ccccc1)OC(=O)c1ccccc1. The van der Waals surface area contributed by atoms with Gasteiger partial charge in [0, 0.05) is 6.08 Å². The normalized spacial score (nSPS) is 11.2. The molecule has 0 aliphatic rings. The van der Waals surface area contributed by atoms with Crippen molar-refractivity contribution in [2.24, 2.45) is 0 Å². The third-order valence-corrected chi connectivity index (χ3v) is 3.15. The van der Waals surface area contributed by atoms with Crippen molar-refractivity contribution in [2.45, 2.75) is 19.4 Å². The first-order valence-electron chi connectivity index (χ1n) is 7.64. The number of hydrogen-bond acceptors (Lipinski definition) is 4. The quantitative estimate of drug-likeness (QED) is 0.598. The number of esters is 2. The fourth-order valence-corrected chi connectivity index (χ4v) is 1.94. The van der Waals surface area contributed by atoms with E-state index in [1.54, 1.807) is 44.2 Å². The number of benzene rings is 2. The van der Waals surface area contributed by atoms with E-state index in [2.05, 4.69) is 0 Å². The summed E-state index contributed by atoms with van der Waals surface area (Å²) < 4.78 is 10.6. The van der Waals surface area contributed by atoms with E-state index < -0.39 is 17.5 Å². The zero-order chi connectivity index (χ0) is 17.4. The molecule has 0 bridgehead atoms. The maximum Gasteiger partial charge on any atom is 0.338 e. The van der Waals surface area contributed by atoms with E-state index in [9.17, 15) is 9.59 Å². The van der Waals surface area contributed by atoms with Crippen LogP contribution in [-0.4, -0.2) is 24.1 Å². The van der Waals surface area contributed by atoms with E-state index in [4.69, 9.17) is 9.47 Å². The third-order valence-electron chi connectivity index (χ3n) is 3.15. The van der Waals surface area contributed by atoms with Crippen molar-refractivity contribution < 1.29 is 19.1 Å². The van der Waals surface area contributed by atoms with Gasteiger partial charge in [0.2, 0.25) is 0 Å².